The van der Waals surface area contributed by atoms with Crippen LogP contribution in [0.5, 0.6) is 0 Å². The predicted octanol–water partition coefficient (Wildman–Crippen LogP) is 2.97. The van der Waals surface area contributed by atoms with Crippen molar-refractivity contribution in [3.63, 3.8) is 0 Å². The van der Waals surface area contributed by atoms with Crippen molar-refractivity contribution in [1.82, 2.24) is 10.6 Å². The average molecular weight is 309 g/mol. The minimum atomic E-state index is 0.318. The van der Waals surface area contributed by atoms with Gasteiger partial charge in [-0.25, -0.2) is 0 Å². The summed E-state index contributed by atoms with van der Waals surface area (Å²) in [6.07, 6.45) is 6.09. The highest BCUT2D eigenvalue weighted by Gasteiger charge is 2.00. The number of guanidine groups is 1. The Morgan fingerprint density at radius 3 is 2.77 bits per heavy atom. The molecule has 0 radical (unpaired) electrons. The Labute approximate surface area is 134 Å². The summed E-state index contributed by atoms with van der Waals surface area (Å²) in [7, 11) is 0. The molecule has 126 valence electrons. The highest BCUT2D eigenvalue weighted by Crippen LogP contribution is 1.99. The molecule has 0 aliphatic heterocycles. The van der Waals surface area contributed by atoms with E-state index in [-0.39, 0.29) is 0 Å². The number of hydrogen-bond acceptors (Lipinski definition) is 3. The molecule has 2 N–H and O–H groups in total. The molecular weight excluding hydrogens is 278 g/mol. The molecule has 0 aliphatic rings. The Hall–Kier alpha value is -1.49. The minimum absolute atomic E-state index is 0.318. The van der Waals surface area contributed by atoms with E-state index < -0.39 is 0 Å². The van der Waals surface area contributed by atoms with Crippen molar-refractivity contribution in [2.75, 3.05) is 26.2 Å². The van der Waals surface area contributed by atoms with Crippen molar-refractivity contribution >= 4 is 5.96 Å². The minimum Gasteiger partial charge on any atom is -0.469 e. The van der Waals surface area contributed by atoms with Gasteiger partial charge in [0.05, 0.1) is 12.4 Å². The molecule has 0 amide bonds. The van der Waals surface area contributed by atoms with Gasteiger partial charge in [0.2, 0.25) is 0 Å². The molecule has 0 saturated heterocycles. The standard InChI is InChI=1S/C17H31N3O2/c1-4-10-18-17(19-11-5-6-13-21-15(2)3)20-12-9-16-8-7-14-22-16/h7-8,14-15H,4-6,9-13H2,1-3H3,(H2,18,19,20). The normalized spacial score (nSPS) is 11.9. The molecule has 0 saturated carbocycles. The van der Waals surface area contributed by atoms with Gasteiger partial charge in [-0.1, -0.05) is 6.92 Å². The number of furan rings is 1. The van der Waals surface area contributed by atoms with Crippen LogP contribution in [0.25, 0.3) is 0 Å². The van der Waals surface area contributed by atoms with Crippen LogP contribution in [-0.4, -0.2) is 38.3 Å². The van der Waals surface area contributed by atoms with Crippen molar-refractivity contribution < 1.29 is 9.15 Å². The first-order valence-electron chi connectivity index (χ1n) is 8.38. The van der Waals surface area contributed by atoms with Gasteiger partial charge in [-0.3, -0.25) is 4.99 Å². The van der Waals surface area contributed by atoms with E-state index in [0.29, 0.717) is 6.10 Å². The molecule has 0 bridgehead atoms. The zero-order valence-corrected chi connectivity index (χ0v) is 14.2. The number of aliphatic imine (C=N–C) groups is 1. The van der Waals surface area contributed by atoms with Crippen LogP contribution in [0.3, 0.4) is 0 Å². The van der Waals surface area contributed by atoms with Crippen LogP contribution in [0.1, 0.15) is 45.8 Å². The smallest absolute Gasteiger partial charge is 0.191 e. The third-order valence-corrected chi connectivity index (χ3v) is 3.05. The lowest BCUT2D eigenvalue weighted by molar-refractivity contribution is 0.0762. The number of nitrogens with zero attached hydrogens (tertiary/aromatic N) is 1. The first kappa shape index (κ1) is 18.6. The van der Waals surface area contributed by atoms with Gasteiger partial charge in [0, 0.05) is 32.7 Å². The van der Waals surface area contributed by atoms with Crippen molar-refractivity contribution in [1.29, 1.82) is 0 Å². The predicted molar refractivity (Wildman–Crippen MR) is 91.3 cm³/mol. The summed E-state index contributed by atoms with van der Waals surface area (Å²) in [6.45, 7) is 9.66. The SMILES string of the molecule is CCCN=C(NCCCCOC(C)C)NCCc1ccco1. The van der Waals surface area contributed by atoms with Crippen molar-refractivity contribution in [2.45, 2.75) is 52.6 Å². The largest absolute Gasteiger partial charge is 0.469 e. The molecular formula is C17H31N3O2. The van der Waals surface area contributed by atoms with Crippen LogP contribution in [0, 0.1) is 0 Å². The van der Waals surface area contributed by atoms with Gasteiger partial charge < -0.3 is 19.8 Å². The van der Waals surface area contributed by atoms with Crippen molar-refractivity contribution in [3.05, 3.63) is 24.2 Å². The lowest BCUT2D eigenvalue weighted by atomic mass is 10.3. The van der Waals surface area contributed by atoms with Gasteiger partial charge in [0.15, 0.2) is 5.96 Å². The van der Waals surface area contributed by atoms with Gasteiger partial charge in [-0.2, -0.15) is 0 Å². The number of unbranched alkanes of at least 4 members (excludes halogenated alkanes) is 1. The maximum absolute atomic E-state index is 5.54. The summed E-state index contributed by atoms with van der Waals surface area (Å²) in [5.74, 6) is 1.88. The summed E-state index contributed by atoms with van der Waals surface area (Å²) in [6, 6.07) is 3.91. The number of nitrogens with one attached hydrogen (secondary N) is 2. The quantitative estimate of drug-likeness (QED) is 0.375. The first-order valence-corrected chi connectivity index (χ1v) is 8.38. The van der Waals surface area contributed by atoms with E-state index in [1.165, 1.54) is 0 Å². The molecule has 22 heavy (non-hydrogen) atoms. The van der Waals surface area contributed by atoms with Crippen molar-refractivity contribution in [3.8, 4) is 0 Å². The van der Waals surface area contributed by atoms with Crippen LogP contribution in [0.15, 0.2) is 27.8 Å². The summed E-state index contributed by atoms with van der Waals surface area (Å²) < 4.78 is 10.9. The van der Waals surface area contributed by atoms with E-state index in [1.54, 1.807) is 6.26 Å². The highest BCUT2D eigenvalue weighted by molar-refractivity contribution is 5.79. The first-order chi connectivity index (χ1) is 10.7. The zero-order valence-electron chi connectivity index (χ0n) is 14.2. The van der Waals surface area contributed by atoms with Crippen LogP contribution < -0.4 is 10.6 Å². The Balaban J connectivity index is 2.17. The summed E-state index contributed by atoms with van der Waals surface area (Å²) in [4.78, 5) is 4.54. The van der Waals surface area contributed by atoms with E-state index >= 15 is 0 Å². The van der Waals surface area contributed by atoms with Gasteiger partial charge in [0.25, 0.3) is 0 Å². The fourth-order valence-electron chi connectivity index (χ4n) is 1.91. The zero-order chi connectivity index (χ0) is 16.0. The Morgan fingerprint density at radius 1 is 1.27 bits per heavy atom. The summed E-state index contributed by atoms with van der Waals surface area (Å²) in [5.41, 5.74) is 0. The molecule has 0 aromatic carbocycles. The molecule has 0 atom stereocenters. The van der Waals surface area contributed by atoms with E-state index in [9.17, 15) is 0 Å². The number of rotatable bonds is 11. The fraction of sp³-hybridized carbons (Fsp3) is 0.706. The molecule has 1 aromatic heterocycles. The van der Waals surface area contributed by atoms with Crippen LogP contribution in [-0.2, 0) is 11.2 Å². The molecule has 1 heterocycles. The Kier molecular flexibility index (Phi) is 10.2. The maximum Gasteiger partial charge on any atom is 0.191 e. The van der Waals surface area contributed by atoms with E-state index in [1.807, 2.05) is 12.1 Å². The van der Waals surface area contributed by atoms with Crippen LogP contribution in [0.4, 0.5) is 0 Å². The molecule has 5 heteroatoms. The molecule has 1 rings (SSSR count). The van der Waals surface area contributed by atoms with Crippen LogP contribution in [0.2, 0.25) is 0 Å². The molecule has 0 aliphatic carbocycles. The van der Waals surface area contributed by atoms with E-state index in [4.69, 9.17) is 9.15 Å². The van der Waals surface area contributed by atoms with Gasteiger partial charge in [0.1, 0.15) is 5.76 Å². The van der Waals surface area contributed by atoms with Crippen molar-refractivity contribution in [2.24, 2.45) is 4.99 Å². The van der Waals surface area contributed by atoms with Crippen LogP contribution >= 0.6 is 0 Å². The second-order valence-electron chi connectivity index (χ2n) is 5.54. The highest BCUT2D eigenvalue weighted by atomic mass is 16.5. The van der Waals surface area contributed by atoms with Gasteiger partial charge in [-0.15, -0.1) is 0 Å². The Bertz CT molecular complexity index is 389. The topological polar surface area (TPSA) is 58.8 Å². The van der Waals surface area contributed by atoms with Gasteiger partial charge >= 0.3 is 0 Å². The van der Waals surface area contributed by atoms with Gasteiger partial charge in [-0.05, 0) is 45.2 Å². The lowest BCUT2D eigenvalue weighted by Crippen LogP contribution is -2.39. The third-order valence-electron chi connectivity index (χ3n) is 3.05. The monoisotopic (exact) mass is 309 g/mol. The fourth-order valence-corrected chi connectivity index (χ4v) is 1.91. The third kappa shape index (κ3) is 9.45. The lowest BCUT2D eigenvalue weighted by Gasteiger charge is -2.12. The molecule has 0 unspecified atom stereocenters. The number of ether oxygens (including phenoxy) is 1. The second kappa shape index (κ2) is 12.1. The van der Waals surface area contributed by atoms with E-state index in [0.717, 1.165) is 63.6 Å². The molecule has 0 spiro atoms. The molecule has 0 fully saturated rings. The summed E-state index contributed by atoms with van der Waals surface area (Å²) >= 11 is 0. The maximum atomic E-state index is 5.54. The molecule has 5 nitrogen and oxygen atoms in total. The number of hydrogen-bond donors (Lipinski definition) is 2. The summed E-state index contributed by atoms with van der Waals surface area (Å²) in [5, 5.41) is 6.73. The average Bonchev–Trinajstić information content (AvgIpc) is 3.00. The molecule has 1 aromatic rings. The Morgan fingerprint density at radius 2 is 2.09 bits per heavy atom. The second-order valence-corrected chi connectivity index (χ2v) is 5.54. The van der Waals surface area contributed by atoms with E-state index in [2.05, 4.69) is 36.4 Å².